The summed E-state index contributed by atoms with van der Waals surface area (Å²) < 4.78 is 2.31. The summed E-state index contributed by atoms with van der Waals surface area (Å²) in [6, 6.07) is 73.9. The Morgan fingerprint density at radius 1 is 0.333 bits per heavy atom. The SMILES string of the molecule is N#Cc1cccc(-c2ccc3c4ccccc4n(-c4ccc(-c5cc(-c6ccccc6)nc(-c6ccccc6)n5)cc4-c4nc(-c5ccccc5)nc(-c5ccccc5)n4)c3c2)c1. The largest absolute Gasteiger partial charge is 0.308 e. The molecule has 0 saturated carbocycles. The second-order valence-electron chi connectivity index (χ2n) is 15.2. The van der Waals surface area contributed by atoms with Crippen LogP contribution in [-0.4, -0.2) is 29.5 Å². The van der Waals surface area contributed by atoms with E-state index in [-0.39, 0.29) is 0 Å². The lowest BCUT2D eigenvalue weighted by Crippen LogP contribution is -2.04. The van der Waals surface area contributed by atoms with Crippen molar-refractivity contribution in [2.75, 3.05) is 0 Å². The number of rotatable bonds is 8. The lowest BCUT2D eigenvalue weighted by Gasteiger charge is -2.17. The predicted molar refractivity (Wildman–Crippen MR) is 253 cm³/mol. The summed E-state index contributed by atoms with van der Waals surface area (Å²) in [6.45, 7) is 0. The Kier molecular flexibility index (Phi) is 9.41. The molecule has 63 heavy (non-hydrogen) atoms. The number of fused-ring (bicyclic) bond motifs is 3. The topological polar surface area (TPSA) is 93.2 Å². The molecule has 0 aliphatic heterocycles. The van der Waals surface area contributed by atoms with Gasteiger partial charge in [-0.1, -0.05) is 170 Å². The molecule has 7 nitrogen and oxygen atoms in total. The highest BCUT2D eigenvalue weighted by Crippen LogP contribution is 2.40. The number of benzene rings is 8. The second kappa shape index (κ2) is 16.0. The smallest absolute Gasteiger partial charge is 0.166 e. The molecule has 0 amide bonds. The molecule has 0 aliphatic carbocycles. The Bertz CT molecular complexity index is 3390. The average molecular weight is 806 g/mol. The first kappa shape index (κ1) is 37.2. The summed E-state index contributed by atoms with van der Waals surface area (Å²) >= 11 is 0. The zero-order chi connectivity index (χ0) is 42.1. The van der Waals surface area contributed by atoms with Gasteiger partial charge in [0.1, 0.15) is 0 Å². The normalized spacial score (nSPS) is 11.2. The van der Waals surface area contributed by atoms with E-state index in [0.717, 1.165) is 83.4 Å². The van der Waals surface area contributed by atoms with Crippen LogP contribution < -0.4 is 0 Å². The van der Waals surface area contributed by atoms with E-state index in [9.17, 15) is 5.26 Å². The van der Waals surface area contributed by atoms with Gasteiger partial charge in [-0.3, -0.25) is 0 Å². The molecule has 0 unspecified atom stereocenters. The molecule has 8 aromatic carbocycles. The van der Waals surface area contributed by atoms with Crippen molar-refractivity contribution in [3.05, 3.63) is 218 Å². The Labute approximate surface area is 364 Å². The second-order valence-corrected chi connectivity index (χ2v) is 15.2. The highest BCUT2D eigenvalue weighted by atomic mass is 15.1. The van der Waals surface area contributed by atoms with E-state index >= 15 is 0 Å². The first-order valence-corrected chi connectivity index (χ1v) is 20.7. The minimum atomic E-state index is 0.518. The highest BCUT2D eigenvalue weighted by Gasteiger charge is 2.22. The first-order valence-electron chi connectivity index (χ1n) is 20.7. The minimum absolute atomic E-state index is 0.518. The predicted octanol–water partition coefficient (Wildman–Crippen LogP) is 13.3. The number of aromatic nitrogens is 6. The summed E-state index contributed by atoms with van der Waals surface area (Å²) in [6.07, 6.45) is 0. The van der Waals surface area contributed by atoms with Crippen molar-refractivity contribution >= 4 is 21.8 Å². The molecule has 3 heterocycles. The molecule has 0 atom stereocenters. The molecule has 11 aromatic rings. The summed E-state index contributed by atoms with van der Waals surface area (Å²) in [7, 11) is 0. The summed E-state index contributed by atoms with van der Waals surface area (Å²) in [4.78, 5) is 25.9. The molecular formula is C56H35N7. The van der Waals surface area contributed by atoms with Crippen LogP contribution in [0.15, 0.2) is 212 Å². The van der Waals surface area contributed by atoms with Crippen LogP contribution in [0.3, 0.4) is 0 Å². The van der Waals surface area contributed by atoms with Gasteiger partial charge in [0.2, 0.25) is 0 Å². The van der Waals surface area contributed by atoms with Crippen LogP contribution in [0, 0.1) is 11.3 Å². The Morgan fingerprint density at radius 2 is 0.825 bits per heavy atom. The number of para-hydroxylation sites is 1. The third-order valence-corrected chi connectivity index (χ3v) is 11.3. The van der Waals surface area contributed by atoms with Gasteiger partial charge in [-0.15, -0.1) is 0 Å². The molecule has 0 spiro atoms. The third-order valence-electron chi connectivity index (χ3n) is 11.3. The van der Waals surface area contributed by atoms with E-state index in [1.54, 1.807) is 0 Å². The molecule has 0 saturated heterocycles. The summed E-state index contributed by atoms with van der Waals surface area (Å²) in [5, 5.41) is 12.0. The molecule has 0 N–H and O–H groups in total. The van der Waals surface area contributed by atoms with Gasteiger partial charge >= 0.3 is 0 Å². The number of hydrogen-bond acceptors (Lipinski definition) is 6. The Balaban J connectivity index is 1.21. The molecule has 0 aliphatic rings. The molecule has 0 bridgehead atoms. The van der Waals surface area contributed by atoms with Gasteiger partial charge in [-0.2, -0.15) is 5.26 Å². The minimum Gasteiger partial charge on any atom is -0.308 e. The standard InChI is InChI=1S/C56H35N7/c57-36-37-16-15-25-42(32-37)43-28-30-46-45-26-13-14-27-50(45)63(52(46)34-43)51-31-29-44(49-35-48(38-17-5-1-6-18-38)58-53(59-49)39-19-7-2-8-20-39)33-47(51)56-61-54(40-21-9-3-10-22-40)60-55(62-56)41-23-11-4-12-24-41/h1-35H. The van der Waals surface area contributed by atoms with Crippen molar-refractivity contribution in [1.82, 2.24) is 29.5 Å². The molecule has 294 valence electrons. The van der Waals surface area contributed by atoms with Crippen LogP contribution in [0.4, 0.5) is 0 Å². The van der Waals surface area contributed by atoms with Crippen molar-refractivity contribution in [2.45, 2.75) is 0 Å². The molecule has 11 rings (SSSR count). The van der Waals surface area contributed by atoms with Crippen molar-refractivity contribution in [1.29, 1.82) is 5.26 Å². The fourth-order valence-corrected chi connectivity index (χ4v) is 8.24. The van der Waals surface area contributed by atoms with E-state index in [4.69, 9.17) is 24.9 Å². The Morgan fingerprint density at radius 3 is 1.46 bits per heavy atom. The molecule has 0 radical (unpaired) electrons. The molecule has 3 aromatic heterocycles. The summed E-state index contributed by atoms with van der Waals surface area (Å²) in [5.41, 5.74) is 12.4. The van der Waals surface area contributed by atoms with E-state index in [1.165, 1.54) is 0 Å². The van der Waals surface area contributed by atoms with Crippen LogP contribution in [0.2, 0.25) is 0 Å². The van der Waals surface area contributed by atoms with E-state index in [1.807, 2.05) is 133 Å². The third kappa shape index (κ3) is 7.08. The maximum atomic E-state index is 9.76. The van der Waals surface area contributed by atoms with Gasteiger partial charge in [0, 0.05) is 44.2 Å². The van der Waals surface area contributed by atoms with Gasteiger partial charge in [0.05, 0.1) is 39.7 Å². The zero-order valence-electron chi connectivity index (χ0n) is 33.8. The lowest BCUT2D eigenvalue weighted by molar-refractivity contribution is 1.06. The van der Waals surface area contributed by atoms with Crippen molar-refractivity contribution < 1.29 is 0 Å². The lowest BCUT2D eigenvalue weighted by atomic mass is 10.0. The number of nitrogens with zero attached hydrogens (tertiary/aromatic N) is 7. The van der Waals surface area contributed by atoms with Gasteiger partial charge in [-0.25, -0.2) is 24.9 Å². The number of nitriles is 1. The molecule has 0 fully saturated rings. The van der Waals surface area contributed by atoms with Crippen LogP contribution in [0.25, 0.3) is 107 Å². The van der Waals surface area contributed by atoms with Gasteiger partial charge < -0.3 is 4.57 Å². The van der Waals surface area contributed by atoms with Crippen molar-refractivity contribution in [3.8, 4) is 90.9 Å². The quantitative estimate of drug-likeness (QED) is 0.152. The summed E-state index contributed by atoms with van der Waals surface area (Å²) in [5.74, 6) is 2.28. The van der Waals surface area contributed by atoms with Crippen LogP contribution in [-0.2, 0) is 0 Å². The van der Waals surface area contributed by atoms with E-state index in [0.29, 0.717) is 28.9 Å². The maximum absolute atomic E-state index is 9.76. The van der Waals surface area contributed by atoms with Crippen LogP contribution >= 0.6 is 0 Å². The van der Waals surface area contributed by atoms with Gasteiger partial charge in [0.25, 0.3) is 0 Å². The van der Waals surface area contributed by atoms with Crippen LogP contribution in [0.1, 0.15) is 5.56 Å². The fraction of sp³-hybridized carbons (Fsp3) is 0. The van der Waals surface area contributed by atoms with Crippen molar-refractivity contribution in [2.24, 2.45) is 0 Å². The van der Waals surface area contributed by atoms with Crippen molar-refractivity contribution in [3.63, 3.8) is 0 Å². The van der Waals surface area contributed by atoms with Gasteiger partial charge in [-0.05, 0) is 53.6 Å². The zero-order valence-corrected chi connectivity index (χ0v) is 33.8. The van der Waals surface area contributed by atoms with Crippen LogP contribution in [0.5, 0.6) is 0 Å². The molecular weight excluding hydrogens is 771 g/mol. The van der Waals surface area contributed by atoms with E-state index in [2.05, 4.69) is 89.5 Å². The monoisotopic (exact) mass is 805 g/mol. The maximum Gasteiger partial charge on any atom is 0.166 e. The average Bonchev–Trinajstić information content (AvgIpc) is 3.70. The molecule has 7 heteroatoms. The van der Waals surface area contributed by atoms with E-state index < -0.39 is 0 Å². The number of hydrogen-bond donors (Lipinski definition) is 0. The highest BCUT2D eigenvalue weighted by molar-refractivity contribution is 6.10. The fourth-order valence-electron chi connectivity index (χ4n) is 8.24. The first-order chi connectivity index (χ1) is 31.2. The van der Waals surface area contributed by atoms with Gasteiger partial charge in [0.15, 0.2) is 23.3 Å². The Hall–Kier alpha value is -8.86.